The number of hydrogen-bond donors (Lipinski definition) is 0. The highest BCUT2D eigenvalue weighted by atomic mass is 15.2. The first-order chi connectivity index (χ1) is 31.8. The summed E-state index contributed by atoms with van der Waals surface area (Å²) in [5, 5.41) is 10.2. The van der Waals surface area contributed by atoms with Crippen molar-refractivity contribution in [3.63, 3.8) is 0 Å². The maximum Gasteiger partial charge on any atom is 0.0962 e. The van der Waals surface area contributed by atoms with E-state index < -0.39 is 0 Å². The molecule has 0 saturated heterocycles. The zero-order valence-corrected chi connectivity index (χ0v) is 37.7. The Kier molecular flexibility index (Phi) is 8.20. The second-order valence-corrected chi connectivity index (χ2v) is 19.6. The minimum absolute atomic E-state index is 0.169. The highest BCUT2D eigenvalue weighted by Gasteiger charge is 2.57. The van der Waals surface area contributed by atoms with Crippen molar-refractivity contribution < 1.29 is 0 Å². The first-order valence-electron chi connectivity index (χ1n) is 23.7. The standard InChI is InChI=1S/C63H52N2/c1-5-31-63(65(52-29-25-43-17-9-13-21-47(43)34-52)53-30-26-44-18-10-14-22-48(44)35-53)59-37-55-54-36-49-40-62(6-2,56(49)38-57(54)61(3,4)58(55)39-60(59)63)64(50-27-23-41-15-7-11-19-45(41)32-50)51-28-24-42-16-8-12-20-46(42)33-51/h7-30,32-39H,5-6,31,40H2,1-4H3. The van der Waals surface area contributed by atoms with Crippen LogP contribution < -0.4 is 9.80 Å². The molecule has 10 aromatic rings. The first-order valence-corrected chi connectivity index (χ1v) is 23.7. The molecule has 314 valence electrons. The van der Waals surface area contributed by atoms with Gasteiger partial charge in [0, 0.05) is 34.6 Å². The van der Waals surface area contributed by atoms with Crippen molar-refractivity contribution in [1.29, 1.82) is 0 Å². The van der Waals surface area contributed by atoms with Crippen molar-refractivity contribution in [3.8, 4) is 11.1 Å². The summed E-state index contributed by atoms with van der Waals surface area (Å²) >= 11 is 0. The Bertz CT molecular complexity index is 3440. The van der Waals surface area contributed by atoms with Gasteiger partial charge in [0.1, 0.15) is 0 Å². The van der Waals surface area contributed by atoms with Gasteiger partial charge >= 0.3 is 0 Å². The summed E-state index contributed by atoms with van der Waals surface area (Å²) in [4.78, 5) is 5.37. The Morgan fingerprint density at radius 3 is 1.20 bits per heavy atom. The molecule has 0 aliphatic heterocycles. The van der Waals surface area contributed by atoms with Gasteiger partial charge in [-0.25, -0.2) is 0 Å². The fourth-order valence-electron chi connectivity index (χ4n) is 12.5. The van der Waals surface area contributed by atoms with Crippen LogP contribution in [0, 0.1) is 0 Å². The Balaban J connectivity index is 0.953. The quantitative estimate of drug-likeness (QED) is 0.143. The van der Waals surface area contributed by atoms with Gasteiger partial charge in [-0.2, -0.15) is 0 Å². The second-order valence-electron chi connectivity index (χ2n) is 19.6. The molecule has 0 spiro atoms. The second kappa shape index (κ2) is 13.9. The number of nitrogens with zero attached hydrogens (tertiary/aromatic N) is 2. The lowest BCUT2D eigenvalue weighted by molar-refractivity contribution is 0.362. The Morgan fingerprint density at radius 1 is 0.385 bits per heavy atom. The molecule has 2 nitrogen and oxygen atoms in total. The van der Waals surface area contributed by atoms with Gasteiger partial charge in [0.15, 0.2) is 0 Å². The number of benzene rings is 10. The molecular weight excluding hydrogens is 785 g/mol. The SMILES string of the molecule is CCCC1(N(c2ccc3ccccc3c2)c2ccc3ccccc3c2)c2cc3c(cc21)C(C)(C)c1cc2c(cc1-3)CC2(CC)N(c1ccc2ccccc2c1)c1ccc2ccccc2c1. The third kappa shape index (κ3) is 5.47. The molecule has 0 saturated carbocycles. The lowest BCUT2D eigenvalue weighted by atomic mass is 9.65. The van der Waals surface area contributed by atoms with Crippen molar-refractivity contribution in [2.75, 3.05) is 9.80 Å². The zero-order valence-electron chi connectivity index (χ0n) is 37.7. The van der Waals surface area contributed by atoms with Crippen LogP contribution in [-0.2, 0) is 22.9 Å². The molecule has 0 fully saturated rings. The molecule has 13 rings (SSSR count). The van der Waals surface area contributed by atoms with E-state index in [0.717, 1.165) is 25.7 Å². The van der Waals surface area contributed by atoms with Crippen LogP contribution in [0.2, 0.25) is 0 Å². The largest absolute Gasteiger partial charge is 0.331 e. The van der Waals surface area contributed by atoms with E-state index >= 15 is 0 Å². The van der Waals surface area contributed by atoms with Gasteiger partial charge in [-0.3, -0.25) is 0 Å². The van der Waals surface area contributed by atoms with Crippen LogP contribution in [0.4, 0.5) is 22.7 Å². The van der Waals surface area contributed by atoms with E-state index in [1.54, 1.807) is 0 Å². The average molecular weight is 837 g/mol. The molecular formula is C63H52N2. The molecule has 0 bridgehead atoms. The van der Waals surface area contributed by atoms with Crippen molar-refractivity contribution in [3.05, 3.63) is 228 Å². The minimum Gasteiger partial charge on any atom is -0.331 e. The molecule has 2 atom stereocenters. The predicted molar refractivity (Wildman–Crippen MR) is 275 cm³/mol. The number of fused-ring (bicyclic) bond motifs is 9. The van der Waals surface area contributed by atoms with Gasteiger partial charge in [0.25, 0.3) is 0 Å². The number of hydrogen-bond acceptors (Lipinski definition) is 2. The monoisotopic (exact) mass is 836 g/mol. The minimum atomic E-state index is -0.238. The van der Waals surface area contributed by atoms with Crippen LogP contribution in [0.3, 0.4) is 0 Å². The van der Waals surface area contributed by atoms with Gasteiger partial charge in [0.05, 0.1) is 11.1 Å². The first kappa shape index (κ1) is 38.3. The molecule has 0 radical (unpaired) electrons. The van der Waals surface area contributed by atoms with E-state index in [1.165, 1.54) is 110 Å². The molecule has 2 unspecified atom stereocenters. The topological polar surface area (TPSA) is 6.48 Å². The Labute approximate surface area is 382 Å². The molecule has 0 N–H and O–H groups in total. The molecule has 0 heterocycles. The van der Waals surface area contributed by atoms with Crippen LogP contribution in [0.1, 0.15) is 80.3 Å². The smallest absolute Gasteiger partial charge is 0.0962 e. The van der Waals surface area contributed by atoms with Gasteiger partial charge in [-0.15, -0.1) is 0 Å². The van der Waals surface area contributed by atoms with Gasteiger partial charge in [0.2, 0.25) is 0 Å². The molecule has 10 aromatic carbocycles. The van der Waals surface area contributed by atoms with E-state index in [2.05, 4.69) is 232 Å². The van der Waals surface area contributed by atoms with Crippen LogP contribution in [-0.4, -0.2) is 0 Å². The third-order valence-electron chi connectivity index (χ3n) is 15.8. The zero-order chi connectivity index (χ0) is 43.7. The molecule has 3 aliphatic rings. The number of anilines is 4. The summed E-state index contributed by atoms with van der Waals surface area (Å²) in [6.07, 6.45) is 4.11. The lowest BCUT2D eigenvalue weighted by Crippen LogP contribution is -2.51. The maximum absolute atomic E-state index is 2.69. The van der Waals surface area contributed by atoms with E-state index in [1.807, 2.05) is 0 Å². The van der Waals surface area contributed by atoms with Crippen molar-refractivity contribution in [2.24, 2.45) is 0 Å². The summed E-state index contributed by atoms with van der Waals surface area (Å²) in [7, 11) is 0. The van der Waals surface area contributed by atoms with Crippen LogP contribution in [0.15, 0.2) is 194 Å². The lowest BCUT2D eigenvalue weighted by Gasteiger charge is -2.53. The van der Waals surface area contributed by atoms with E-state index in [-0.39, 0.29) is 16.5 Å². The summed E-state index contributed by atoms with van der Waals surface area (Å²) in [5.41, 5.74) is 16.0. The highest BCUT2D eigenvalue weighted by Crippen LogP contribution is 2.65. The predicted octanol–water partition coefficient (Wildman–Crippen LogP) is 16.8. The normalized spacial score (nSPS) is 18.5. The molecule has 0 amide bonds. The molecule has 0 aromatic heterocycles. The summed E-state index contributed by atoms with van der Waals surface area (Å²) in [5.74, 6) is 0. The summed E-state index contributed by atoms with van der Waals surface area (Å²) in [6, 6.07) is 73.8. The van der Waals surface area contributed by atoms with E-state index in [9.17, 15) is 0 Å². The molecule has 65 heavy (non-hydrogen) atoms. The Hall–Kier alpha value is -7.16. The summed E-state index contributed by atoms with van der Waals surface area (Å²) < 4.78 is 0. The van der Waals surface area contributed by atoms with E-state index in [4.69, 9.17) is 0 Å². The highest BCUT2D eigenvalue weighted by molar-refractivity contribution is 5.95. The summed E-state index contributed by atoms with van der Waals surface area (Å²) in [6.45, 7) is 9.70. The van der Waals surface area contributed by atoms with E-state index in [0.29, 0.717) is 0 Å². The van der Waals surface area contributed by atoms with Crippen LogP contribution in [0.5, 0.6) is 0 Å². The third-order valence-corrected chi connectivity index (χ3v) is 15.8. The van der Waals surface area contributed by atoms with Crippen molar-refractivity contribution in [2.45, 2.75) is 69.9 Å². The van der Waals surface area contributed by atoms with Gasteiger partial charge in [-0.05, 0) is 155 Å². The number of rotatable bonds is 9. The van der Waals surface area contributed by atoms with Gasteiger partial charge in [-0.1, -0.05) is 174 Å². The van der Waals surface area contributed by atoms with Crippen molar-refractivity contribution in [1.82, 2.24) is 0 Å². The van der Waals surface area contributed by atoms with Gasteiger partial charge < -0.3 is 9.80 Å². The molecule has 3 aliphatic carbocycles. The van der Waals surface area contributed by atoms with Crippen LogP contribution >= 0.6 is 0 Å². The Morgan fingerprint density at radius 2 is 0.769 bits per heavy atom. The fraction of sp³-hybridized carbons (Fsp3) is 0.175. The fourth-order valence-corrected chi connectivity index (χ4v) is 12.5. The molecule has 2 heteroatoms. The van der Waals surface area contributed by atoms with Crippen LogP contribution in [0.25, 0.3) is 54.2 Å². The van der Waals surface area contributed by atoms with Crippen molar-refractivity contribution >= 4 is 65.8 Å². The maximum atomic E-state index is 2.69. The average Bonchev–Trinajstić information content (AvgIpc) is 3.90.